The van der Waals surface area contributed by atoms with E-state index in [9.17, 15) is 14.7 Å². The van der Waals surface area contributed by atoms with Crippen molar-refractivity contribution < 1.29 is 19.4 Å². The van der Waals surface area contributed by atoms with Gasteiger partial charge in [0.25, 0.3) is 5.91 Å². The number of nitrogens with one attached hydrogen (secondary N) is 1. The summed E-state index contributed by atoms with van der Waals surface area (Å²) in [6, 6.07) is 12.1. The Bertz CT molecular complexity index is 831. The van der Waals surface area contributed by atoms with E-state index in [1.54, 1.807) is 0 Å². The molecule has 0 unspecified atom stereocenters. The first-order valence-corrected chi connectivity index (χ1v) is 9.47. The monoisotopic (exact) mass is 387 g/mol. The van der Waals surface area contributed by atoms with Crippen molar-refractivity contribution in [3.8, 4) is 5.75 Å². The highest BCUT2D eigenvalue weighted by Crippen LogP contribution is 2.37. The van der Waals surface area contributed by atoms with Gasteiger partial charge in [-0.2, -0.15) is 0 Å². The molecule has 0 aromatic heterocycles. The molecule has 0 atom stereocenters. The lowest BCUT2D eigenvalue weighted by molar-refractivity contribution is -0.118. The van der Waals surface area contributed by atoms with Crippen molar-refractivity contribution in [1.29, 1.82) is 0 Å². The Kier molecular flexibility index (Phi) is 6.35. The van der Waals surface area contributed by atoms with Gasteiger partial charge in [0.2, 0.25) is 0 Å². The molecular formula is C21H22ClNO4. The number of carbonyl (C=O) groups is 2. The molecule has 0 heterocycles. The maximum atomic E-state index is 12.3. The smallest absolute Gasteiger partial charge is 0.337 e. The number of para-hydroxylation sites is 1. The second kappa shape index (κ2) is 8.91. The minimum absolute atomic E-state index is 0.0570. The SMILES string of the molecule is O=C(COc1ccccc1C1CCCCC1)Nc1ccc(Cl)cc1C(=O)O. The van der Waals surface area contributed by atoms with Gasteiger partial charge in [0.1, 0.15) is 5.75 Å². The lowest BCUT2D eigenvalue weighted by Gasteiger charge is -2.24. The number of halogens is 1. The summed E-state index contributed by atoms with van der Waals surface area (Å²) < 4.78 is 5.76. The lowest BCUT2D eigenvalue weighted by atomic mass is 9.84. The molecule has 1 amide bonds. The van der Waals surface area contributed by atoms with Crippen molar-refractivity contribution in [2.24, 2.45) is 0 Å². The Morgan fingerprint density at radius 2 is 1.85 bits per heavy atom. The van der Waals surface area contributed by atoms with E-state index < -0.39 is 11.9 Å². The first kappa shape index (κ1) is 19.2. The van der Waals surface area contributed by atoms with Crippen molar-refractivity contribution in [2.75, 3.05) is 11.9 Å². The number of carboxylic acid groups (broad SMARTS) is 1. The van der Waals surface area contributed by atoms with Crippen LogP contribution >= 0.6 is 11.6 Å². The summed E-state index contributed by atoms with van der Waals surface area (Å²) in [5, 5.41) is 12.1. The first-order chi connectivity index (χ1) is 13.0. The minimum Gasteiger partial charge on any atom is -0.483 e. The Labute approximate surface area is 163 Å². The summed E-state index contributed by atoms with van der Waals surface area (Å²) in [4.78, 5) is 23.6. The Balaban J connectivity index is 1.66. The van der Waals surface area contributed by atoms with Crippen LogP contribution in [0.25, 0.3) is 0 Å². The van der Waals surface area contributed by atoms with Crippen LogP contribution in [0.15, 0.2) is 42.5 Å². The molecule has 0 aliphatic heterocycles. The van der Waals surface area contributed by atoms with Crippen LogP contribution in [0.4, 0.5) is 5.69 Å². The number of benzene rings is 2. The number of hydrogen-bond donors (Lipinski definition) is 2. The molecule has 3 rings (SSSR count). The quantitative estimate of drug-likeness (QED) is 0.722. The van der Waals surface area contributed by atoms with Gasteiger partial charge in [-0.3, -0.25) is 4.79 Å². The van der Waals surface area contributed by atoms with Gasteiger partial charge in [-0.15, -0.1) is 0 Å². The Hall–Kier alpha value is -2.53. The van der Waals surface area contributed by atoms with Gasteiger partial charge in [0.05, 0.1) is 11.3 Å². The summed E-state index contributed by atoms with van der Waals surface area (Å²) >= 11 is 5.83. The summed E-state index contributed by atoms with van der Waals surface area (Å²) in [6.45, 7) is -0.189. The van der Waals surface area contributed by atoms with Gasteiger partial charge in [-0.25, -0.2) is 4.79 Å². The Morgan fingerprint density at radius 3 is 2.59 bits per heavy atom. The van der Waals surface area contributed by atoms with Crippen LogP contribution in [0.2, 0.25) is 5.02 Å². The van der Waals surface area contributed by atoms with E-state index in [1.807, 2.05) is 18.2 Å². The van der Waals surface area contributed by atoms with E-state index in [1.165, 1.54) is 37.5 Å². The zero-order chi connectivity index (χ0) is 19.2. The van der Waals surface area contributed by atoms with E-state index in [-0.39, 0.29) is 17.9 Å². The molecule has 0 spiro atoms. The van der Waals surface area contributed by atoms with Crippen molar-refractivity contribution in [2.45, 2.75) is 38.0 Å². The van der Waals surface area contributed by atoms with Crippen molar-refractivity contribution in [1.82, 2.24) is 0 Å². The molecule has 0 radical (unpaired) electrons. The summed E-state index contributed by atoms with van der Waals surface area (Å²) in [5.74, 6) is -0.392. The first-order valence-electron chi connectivity index (χ1n) is 9.09. The topological polar surface area (TPSA) is 75.6 Å². The fraction of sp³-hybridized carbons (Fsp3) is 0.333. The predicted octanol–water partition coefficient (Wildman–Crippen LogP) is 5.10. The number of rotatable bonds is 6. The molecule has 27 heavy (non-hydrogen) atoms. The van der Waals surface area contributed by atoms with Crippen LogP contribution in [-0.2, 0) is 4.79 Å². The van der Waals surface area contributed by atoms with E-state index in [2.05, 4.69) is 11.4 Å². The minimum atomic E-state index is -1.16. The van der Waals surface area contributed by atoms with Crippen molar-refractivity contribution in [3.05, 3.63) is 58.6 Å². The maximum Gasteiger partial charge on any atom is 0.337 e. The number of ether oxygens (including phenoxy) is 1. The highest BCUT2D eigenvalue weighted by molar-refractivity contribution is 6.31. The average molecular weight is 388 g/mol. The third kappa shape index (κ3) is 5.01. The van der Waals surface area contributed by atoms with Crippen molar-refractivity contribution in [3.63, 3.8) is 0 Å². The fourth-order valence-corrected chi connectivity index (χ4v) is 3.67. The van der Waals surface area contributed by atoms with Crippen LogP contribution in [0.1, 0.15) is 53.9 Å². The molecule has 1 fully saturated rings. The molecule has 6 heteroatoms. The number of aromatic carboxylic acids is 1. The van der Waals surface area contributed by atoms with E-state index in [4.69, 9.17) is 16.3 Å². The number of carbonyl (C=O) groups excluding carboxylic acids is 1. The highest BCUT2D eigenvalue weighted by Gasteiger charge is 2.19. The summed E-state index contributed by atoms with van der Waals surface area (Å²) in [6.07, 6.45) is 5.98. The molecule has 0 bridgehead atoms. The Morgan fingerprint density at radius 1 is 1.11 bits per heavy atom. The van der Waals surface area contributed by atoms with E-state index in [0.717, 1.165) is 18.4 Å². The third-order valence-electron chi connectivity index (χ3n) is 4.81. The molecule has 2 aromatic rings. The molecule has 0 saturated heterocycles. The van der Waals surface area contributed by atoms with Gasteiger partial charge in [-0.1, -0.05) is 49.1 Å². The lowest BCUT2D eigenvalue weighted by Crippen LogP contribution is -2.22. The normalized spacial score (nSPS) is 14.6. The molecular weight excluding hydrogens is 366 g/mol. The van der Waals surface area contributed by atoms with Gasteiger partial charge >= 0.3 is 5.97 Å². The second-order valence-electron chi connectivity index (χ2n) is 6.70. The molecule has 1 aliphatic carbocycles. The zero-order valence-corrected chi connectivity index (χ0v) is 15.7. The van der Waals surface area contributed by atoms with Crippen LogP contribution in [0.3, 0.4) is 0 Å². The number of carboxylic acids is 1. The average Bonchev–Trinajstić information content (AvgIpc) is 2.68. The molecule has 2 N–H and O–H groups in total. The molecule has 142 valence electrons. The van der Waals surface area contributed by atoms with E-state index in [0.29, 0.717) is 16.7 Å². The predicted molar refractivity (Wildman–Crippen MR) is 105 cm³/mol. The van der Waals surface area contributed by atoms with Gasteiger partial charge in [0.15, 0.2) is 6.61 Å². The van der Waals surface area contributed by atoms with Crippen LogP contribution in [0, 0.1) is 0 Å². The largest absolute Gasteiger partial charge is 0.483 e. The van der Waals surface area contributed by atoms with Gasteiger partial charge in [-0.05, 0) is 48.6 Å². The third-order valence-corrected chi connectivity index (χ3v) is 5.04. The molecule has 1 aliphatic rings. The zero-order valence-electron chi connectivity index (χ0n) is 14.9. The molecule has 5 nitrogen and oxygen atoms in total. The van der Waals surface area contributed by atoms with Gasteiger partial charge < -0.3 is 15.2 Å². The maximum absolute atomic E-state index is 12.3. The number of hydrogen-bond acceptors (Lipinski definition) is 3. The van der Waals surface area contributed by atoms with E-state index >= 15 is 0 Å². The summed E-state index contributed by atoms with van der Waals surface area (Å²) in [5.41, 5.74) is 1.28. The molecule has 1 saturated carbocycles. The fourth-order valence-electron chi connectivity index (χ4n) is 3.49. The van der Waals surface area contributed by atoms with Gasteiger partial charge in [0, 0.05) is 5.02 Å². The summed E-state index contributed by atoms with van der Waals surface area (Å²) in [7, 11) is 0. The van der Waals surface area contributed by atoms with Crippen molar-refractivity contribution >= 4 is 29.2 Å². The van der Waals surface area contributed by atoms with Crippen LogP contribution < -0.4 is 10.1 Å². The standard InChI is InChI=1S/C21H22ClNO4/c22-15-10-11-18(17(12-15)21(25)26)23-20(24)13-27-19-9-5-4-8-16(19)14-6-2-1-3-7-14/h4-5,8-12,14H,1-3,6-7,13H2,(H,23,24)(H,25,26). The van der Waals surface area contributed by atoms with Crippen LogP contribution in [-0.4, -0.2) is 23.6 Å². The molecule has 2 aromatic carbocycles. The highest BCUT2D eigenvalue weighted by atomic mass is 35.5. The number of anilines is 1. The second-order valence-corrected chi connectivity index (χ2v) is 7.14. The van der Waals surface area contributed by atoms with Crippen LogP contribution in [0.5, 0.6) is 5.75 Å². The number of amides is 1.